The Morgan fingerprint density at radius 1 is 1.27 bits per heavy atom. The predicted octanol–water partition coefficient (Wildman–Crippen LogP) is 3.39. The van der Waals surface area contributed by atoms with E-state index in [0.29, 0.717) is 19.0 Å². The number of carbonyl (C=O) groups is 1. The van der Waals surface area contributed by atoms with Crippen LogP contribution in [0.4, 0.5) is 10.5 Å². The van der Waals surface area contributed by atoms with E-state index in [-0.39, 0.29) is 6.09 Å². The van der Waals surface area contributed by atoms with Gasteiger partial charge in [-0.3, -0.25) is 0 Å². The van der Waals surface area contributed by atoms with Crippen molar-refractivity contribution < 1.29 is 14.3 Å². The maximum atomic E-state index is 12.1. The highest BCUT2D eigenvalue weighted by atomic mass is 16.6. The molecule has 1 saturated heterocycles. The van der Waals surface area contributed by atoms with Crippen molar-refractivity contribution in [1.82, 2.24) is 4.90 Å². The quantitative estimate of drug-likeness (QED) is 0.851. The molecule has 1 aliphatic rings. The van der Waals surface area contributed by atoms with Gasteiger partial charge < -0.3 is 20.1 Å². The molecule has 1 amide bonds. The molecule has 5 nitrogen and oxygen atoms in total. The van der Waals surface area contributed by atoms with Gasteiger partial charge in [0.15, 0.2) is 0 Å². The van der Waals surface area contributed by atoms with Crippen molar-refractivity contribution in [2.45, 2.75) is 45.1 Å². The van der Waals surface area contributed by atoms with Gasteiger partial charge in [0.05, 0.1) is 7.11 Å². The Morgan fingerprint density at radius 2 is 1.91 bits per heavy atom. The highest BCUT2D eigenvalue weighted by Crippen LogP contribution is 2.33. The highest BCUT2D eigenvalue weighted by molar-refractivity contribution is 5.68. The molecule has 0 spiro atoms. The van der Waals surface area contributed by atoms with Crippen LogP contribution in [-0.2, 0) is 4.74 Å². The summed E-state index contributed by atoms with van der Waals surface area (Å²) < 4.78 is 10.6. The van der Waals surface area contributed by atoms with E-state index in [1.807, 2.05) is 39.0 Å². The summed E-state index contributed by atoms with van der Waals surface area (Å²) >= 11 is 0. The molecule has 0 atom stereocenters. The molecule has 122 valence electrons. The van der Waals surface area contributed by atoms with E-state index >= 15 is 0 Å². The average molecular weight is 306 g/mol. The van der Waals surface area contributed by atoms with Gasteiger partial charge in [-0.1, -0.05) is 6.07 Å². The second kappa shape index (κ2) is 6.46. The third-order valence-corrected chi connectivity index (χ3v) is 3.88. The van der Waals surface area contributed by atoms with Crippen molar-refractivity contribution in [3.8, 4) is 5.75 Å². The molecule has 1 heterocycles. The van der Waals surface area contributed by atoms with Gasteiger partial charge in [0.1, 0.15) is 11.4 Å². The summed E-state index contributed by atoms with van der Waals surface area (Å²) in [6, 6.07) is 5.82. The molecule has 0 bridgehead atoms. The van der Waals surface area contributed by atoms with Crippen molar-refractivity contribution in [2.75, 3.05) is 25.9 Å². The Balaban J connectivity index is 1.96. The Hall–Kier alpha value is -1.91. The van der Waals surface area contributed by atoms with E-state index in [1.165, 1.54) is 0 Å². The van der Waals surface area contributed by atoms with Crippen LogP contribution in [0, 0.1) is 0 Å². The van der Waals surface area contributed by atoms with Gasteiger partial charge in [-0.05, 0) is 51.2 Å². The number of hydrogen-bond acceptors (Lipinski definition) is 4. The van der Waals surface area contributed by atoms with Gasteiger partial charge in [0.25, 0.3) is 0 Å². The average Bonchev–Trinajstić information content (AvgIpc) is 2.45. The largest absolute Gasteiger partial charge is 0.497 e. The van der Waals surface area contributed by atoms with Crippen LogP contribution in [0.15, 0.2) is 18.2 Å². The minimum atomic E-state index is -0.450. The standard InChI is InChI=1S/C17H26N2O3/c1-17(2,3)22-16(20)19-9-7-12(8-10-19)14-6-5-13(21-4)11-15(14)18/h5-6,11-12H,7-10,18H2,1-4H3. The monoisotopic (exact) mass is 306 g/mol. The molecule has 1 aromatic rings. The van der Waals surface area contributed by atoms with Crippen LogP contribution in [0.3, 0.4) is 0 Å². The van der Waals surface area contributed by atoms with Gasteiger partial charge >= 0.3 is 6.09 Å². The van der Waals surface area contributed by atoms with Crippen LogP contribution in [0.5, 0.6) is 5.75 Å². The number of nitrogens with two attached hydrogens (primary N) is 1. The van der Waals surface area contributed by atoms with Crippen LogP contribution in [-0.4, -0.2) is 36.8 Å². The number of methoxy groups -OCH3 is 1. The first kappa shape index (κ1) is 16.5. The molecule has 0 unspecified atom stereocenters. The van der Waals surface area contributed by atoms with Crippen molar-refractivity contribution >= 4 is 11.8 Å². The zero-order chi connectivity index (χ0) is 16.3. The van der Waals surface area contributed by atoms with Gasteiger partial charge in [-0.25, -0.2) is 4.79 Å². The maximum Gasteiger partial charge on any atom is 0.410 e. The number of amides is 1. The first-order valence-corrected chi connectivity index (χ1v) is 7.71. The smallest absolute Gasteiger partial charge is 0.410 e. The zero-order valence-corrected chi connectivity index (χ0v) is 13.9. The zero-order valence-electron chi connectivity index (χ0n) is 13.9. The van der Waals surface area contributed by atoms with Crippen molar-refractivity contribution in [3.63, 3.8) is 0 Å². The van der Waals surface area contributed by atoms with E-state index in [0.717, 1.165) is 29.8 Å². The van der Waals surface area contributed by atoms with E-state index in [2.05, 4.69) is 0 Å². The predicted molar refractivity (Wildman–Crippen MR) is 87.2 cm³/mol. The summed E-state index contributed by atoms with van der Waals surface area (Å²) in [6.07, 6.45) is 1.57. The van der Waals surface area contributed by atoms with E-state index in [4.69, 9.17) is 15.2 Å². The number of nitrogen functional groups attached to an aromatic ring is 1. The number of hydrogen-bond donors (Lipinski definition) is 1. The summed E-state index contributed by atoms with van der Waals surface area (Å²) in [4.78, 5) is 13.8. The normalized spacial score (nSPS) is 16.5. The van der Waals surface area contributed by atoms with Crippen LogP contribution in [0.2, 0.25) is 0 Å². The summed E-state index contributed by atoms with van der Waals surface area (Å²) in [5.41, 5.74) is 7.57. The Labute approximate surface area is 132 Å². The first-order valence-electron chi connectivity index (χ1n) is 7.71. The lowest BCUT2D eigenvalue weighted by molar-refractivity contribution is 0.0205. The van der Waals surface area contributed by atoms with E-state index < -0.39 is 5.60 Å². The molecule has 0 aromatic heterocycles. The van der Waals surface area contributed by atoms with Crippen molar-refractivity contribution in [1.29, 1.82) is 0 Å². The third kappa shape index (κ3) is 4.06. The van der Waals surface area contributed by atoms with Gasteiger partial charge in [-0.15, -0.1) is 0 Å². The Bertz CT molecular complexity index is 529. The van der Waals surface area contributed by atoms with Gasteiger partial charge in [0, 0.05) is 24.8 Å². The fourth-order valence-corrected chi connectivity index (χ4v) is 2.75. The lowest BCUT2D eigenvalue weighted by Gasteiger charge is -2.34. The van der Waals surface area contributed by atoms with E-state index in [9.17, 15) is 4.79 Å². The number of anilines is 1. The maximum absolute atomic E-state index is 12.1. The van der Waals surface area contributed by atoms with Crippen LogP contribution in [0.1, 0.15) is 45.1 Å². The molecule has 0 radical (unpaired) electrons. The molecule has 0 saturated carbocycles. The SMILES string of the molecule is COc1ccc(C2CCN(C(=O)OC(C)(C)C)CC2)c(N)c1. The van der Waals surface area contributed by atoms with Crippen LogP contribution >= 0.6 is 0 Å². The minimum Gasteiger partial charge on any atom is -0.497 e. The molecular formula is C17H26N2O3. The molecule has 1 aromatic carbocycles. The minimum absolute atomic E-state index is 0.228. The first-order chi connectivity index (χ1) is 10.3. The molecule has 5 heteroatoms. The topological polar surface area (TPSA) is 64.8 Å². The van der Waals surface area contributed by atoms with Gasteiger partial charge in [0.2, 0.25) is 0 Å². The molecule has 1 aliphatic heterocycles. The fourth-order valence-electron chi connectivity index (χ4n) is 2.75. The lowest BCUT2D eigenvalue weighted by atomic mass is 9.88. The number of carbonyl (C=O) groups excluding carboxylic acids is 1. The second-order valence-electron chi connectivity index (χ2n) is 6.74. The second-order valence-corrected chi connectivity index (χ2v) is 6.74. The third-order valence-electron chi connectivity index (χ3n) is 3.88. The molecular weight excluding hydrogens is 280 g/mol. The van der Waals surface area contributed by atoms with Crippen molar-refractivity contribution in [2.24, 2.45) is 0 Å². The van der Waals surface area contributed by atoms with Crippen molar-refractivity contribution in [3.05, 3.63) is 23.8 Å². The summed E-state index contributed by atoms with van der Waals surface area (Å²) in [7, 11) is 1.63. The number of likely N-dealkylation sites (tertiary alicyclic amines) is 1. The Kier molecular flexibility index (Phi) is 4.84. The number of piperidine rings is 1. The number of nitrogens with zero attached hydrogens (tertiary/aromatic N) is 1. The Morgan fingerprint density at radius 3 is 2.41 bits per heavy atom. The number of benzene rings is 1. The van der Waals surface area contributed by atoms with Crippen LogP contribution in [0.25, 0.3) is 0 Å². The summed E-state index contributed by atoms with van der Waals surface area (Å²) in [5.74, 6) is 1.15. The number of ether oxygens (including phenoxy) is 2. The molecule has 2 rings (SSSR count). The van der Waals surface area contributed by atoms with Gasteiger partial charge in [-0.2, -0.15) is 0 Å². The molecule has 0 aliphatic carbocycles. The summed E-state index contributed by atoms with van der Waals surface area (Å²) in [5, 5.41) is 0. The molecule has 2 N–H and O–H groups in total. The van der Waals surface area contributed by atoms with E-state index in [1.54, 1.807) is 12.0 Å². The lowest BCUT2D eigenvalue weighted by Crippen LogP contribution is -2.41. The summed E-state index contributed by atoms with van der Waals surface area (Å²) in [6.45, 7) is 7.05. The van der Waals surface area contributed by atoms with Crippen LogP contribution < -0.4 is 10.5 Å². The molecule has 1 fully saturated rings. The fraction of sp³-hybridized carbons (Fsp3) is 0.588. The molecule has 22 heavy (non-hydrogen) atoms. The number of rotatable bonds is 2. The highest BCUT2D eigenvalue weighted by Gasteiger charge is 2.28.